The first-order valence-electron chi connectivity index (χ1n) is 8.04. The predicted octanol–water partition coefficient (Wildman–Crippen LogP) is 3.99. The zero-order valence-electron chi connectivity index (χ0n) is 13.6. The zero-order valence-corrected chi connectivity index (χ0v) is 14.3. The number of benzene rings is 1. The van der Waals surface area contributed by atoms with E-state index in [2.05, 4.69) is 15.2 Å². The van der Waals surface area contributed by atoms with Gasteiger partial charge in [-0.25, -0.2) is 4.98 Å². The van der Waals surface area contributed by atoms with Crippen molar-refractivity contribution in [1.82, 2.24) is 4.98 Å². The number of nitrogens with zero attached hydrogens (tertiary/aromatic N) is 2. The molecule has 1 aromatic heterocycles. The molecule has 0 radical (unpaired) electrons. The van der Waals surface area contributed by atoms with E-state index in [1.54, 1.807) is 6.07 Å². The molecule has 3 rings (SSSR count). The van der Waals surface area contributed by atoms with Gasteiger partial charge in [-0.3, -0.25) is 4.79 Å². The SMILES string of the molecule is COc1cc(C(=O)Nc2ccccc2N2CCCCC2)cc(Cl)n1. The van der Waals surface area contributed by atoms with Crippen molar-refractivity contribution in [3.63, 3.8) is 0 Å². The smallest absolute Gasteiger partial charge is 0.256 e. The molecule has 0 atom stereocenters. The van der Waals surface area contributed by atoms with Gasteiger partial charge in [0.15, 0.2) is 0 Å². The topological polar surface area (TPSA) is 54.5 Å². The van der Waals surface area contributed by atoms with Crippen LogP contribution in [0, 0.1) is 0 Å². The summed E-state index contributed by atoms with van der Waals surface area (Å²) < 4.78 is 5.07. The number of aromatic nitrogens is 1. The average molecular weight is 346 g/mol. The van der Waals surface area contributed by atoms with Crippen molar-refractivity contribution >= 4 is 28.9 Å². The van der Waals surface area contributed by atoms with Gasteiger partial charge in [-0.1, -0.05) is 23.7 Å². The van der Waals surface area contributed by atoms with Crippen LogP contribution >= 0.6 is 11.6 Å². The number of rotatable bonds is 4. The van der Waals surface area contributed by atoms with Gasteiger partial charge in [0.05, 0.1) is 18.5 Å². The van der Waals surface area contributed by atoms with E-state index in [0.717, 1.165) is 24.5 Å². The molecule has 1 amide bonds. The number of carbonyl (C=O) groups excluding carboxylic acids is 1. The summed E-state index contributed by atoms with van der Waals surface area (Å²) in [5.41, 5.74) is 2.27. The van der Waals surface area contributed by atoms with Crippen molar-refractivity contribution in [3.8, 4) is 5.88 Å². The Morgan fingerprint density at radius 2 is 1.96 bits per heavy atom. The van der Waals surface area contributed by atoms with E-state index in [4.69, 9.17) is 16.3 Å². The largest absolute Gasteiger partial charge is 0.481 e. The van der Waals surface area contributed by atoms with Crippen LogP contribution in [0.2, 0.25) is 5.15 Å². The number of ether oxygens (including phenoxy) is 1. The van der Waals surface area contributed by atoms with Crippen LogP contribution in [0.5, 0.6) is 5.88 Å². The van der Waals surface area contributed by atoms with Crippen LogP contribution < -0.4 is 15.0 Å². The van der Waals surface area contributed by atoms with Crippen molar-refractivity contribution < 1.29 is 9.53 Å². The Morgan fingerprint density at radius 1 is 1.21 bits per heavy atom. The van der Waals surface area contributed by atoms with Crippen molar-refractivity contribution in [2.75, 3.05) is 30.4 Å². The zero-order chi connectivity index (χ0) is 16.9. The highest BCUT2D eigenvalue weighted by molar-refractivity contribution is 6.30. The molecule has 0 saturated carbocycles. The molecule has 2 aromatic rings. The van der Waals surface area contributed by atoms with Crippen LogP contribution in [-0.2, 0) is 0 Å². The van der Waals surface area contributed by atoms with E-state index < -0.39 is 0 Å². The van der Waals surface area contributed by atoms with Gasteiger partial charge < -0.3 is 15.0 Å². The molecular weight excluding hydrogens is 326 g/mol. The lowest BCUT2D eigenvalue weighted by molar-refractivity contribution is 0.102. The minimum absolute atomic E-state index is 0.226. The normalized spacial score (nSPS) is 14.3. The lowest BCUT2D eigenvalue weighted by atomic mass is 10.1. The first kappa shape index (κ1) is 16.6. The Hall–Kier alpha value is -2.27. The summed E-state index contributed by atoms with van der Waals surface area (Å²) in [7, 11) is 1.49. The summed E-state index contributed by atoms with van der Waals surface area (Å²) in [5, 5.41) is 3.21. The van der Waals surface area contributed by atoms with Crippen LogP contribution in [0.3, 0.4) is 0 Å². The molecule has 0 spiro atoms. The van der Waals surface area contributed by atoms with Gasteiger partial charge in [0, 0.05) is 24.7 Å². The second-order valence-corrected chi connectivity index (χ2v) is 6.13. The highest BCUT2D eigenvalue weighted by Gasteiger charge is 2.17. The Labute approximate surface area is 146 Å². The number of amides is 1. The van der Waals surface area contributed by atoms with Crippen molar-refractivity contribution in [2.24, 2.45) is 0 Å². The second-order valence-electron chi connectivity index (χ2n) is 5.74. The first-order valence-corrected chi connectivity index (χ1v) is 8.42. The number of nitrogens with one attached hydrogen (secondary N) is 1. The molecule has 1 aliphatic rings. The van der Waals surface area contributed by atoms with E-state index in [1.807, 2.05) is 24.3 Å². The molecule has 1 saturated heterocycles. The molecule has 2 heterocycles. The Balaban J connectivity index is 1.83. The molecule has 0 bridgehead atoms. The molecule has 1 aromatic carbocycles. The highest BCUT2D eigenvalue weighted by atomic mass is 35.5. The summed E-state index contributed by atoms with van der Waals surface area (Å²) in [5.74, 6) is 0.0824. The molecule has 0 unspecified atom stereocenters. The lowest BCUT2D eigenvalue weighted by Gasteiger charge is -2.30. The third kappa shape index (κ3) is 3.79. The lowest BCUT2D eigenvalue weighted by Crippen LogP contribution is -2.30. The molecule has 1 fully saturated rings. The Morgan fingerprint density at radius 3 is 2.71 bits per heavy atom. The number of para-hydroxylation sites is 2. The van der Waals surface area contributed by atoms with Gasteiger partial charge in [-0.05, 0) is 37.5 Å². The minimum atomic E-state index is -0.234. The number of halogens is 1. The van der Waals surface area contributed by atoms with Gasteiger partial charge in [-0.15, -0.1) is 0 Å². The number of piperidine rings is 1. The summed E-state index contributed by atoms with van der Waals surface area (Å²) in [6.45, 7) is 2.03. The van der Waals surface area contributed by atoms with E-state index in [9.17, 15) is 4.79 Å². The van der Waals surface area contributed by atoms with Crippen molar-refractivity contribution in [1.29, 1.82) is 0 Å². The number of methoxy groups -OCH3 is 1. The molecule has 126 valence electrons. The Kier molecular flexibility index (Phi) is 5.20. The van der Waals surface area contributed by atoms with Crippen LogP contribution in [0.25, 0.3) is 0 Å². The average Bonchev–Trinajstić information content (AvgIpc) is 2.62. The quantitative estimate of drug-likeness (QED) is 0.851. The summed E-state index contributed by atoms with van der Waals surface area (Å²) in [6, 6.07) is 11.0. The van der Waals surface area contributed by atoms with Gasteiger partial charge in [-0.2, -0.15) is 0 Å². The minimum Gasteiger partial charge on any atom is -0.481 e. The fourth-order valence-corrected chi connectivity index (χ4v) is 3.09. The number of carbonyl (C=O) groups is 1. The maximum atomic E-state index is 12.6. The molecule has 6 heteroatoms. The van der Waals surface area contributed by atoms with Crippen LogP contribution in [0.4, 0.5) is 11.4 Å². The second kappa shape index (κ2) is 7.53. The highest BCUT2D eigenvalue weighted by Crippen LogP contribution is 2.29. The first-order chi connectivity index (χ1) is 11.7. The van der Waals surface area contributed by atoms with Crippen molar-refractivity contribution in [2.45, 2.75) is 19.3 Å². The maximum absolute atomic E-state index is 12.6. The fraction of sp³-hybridized carbons (Fsp3) is 0.333. The monoisotopic (exact) mass is 345 g/mol. The number of anilines is 2. The molecule has 1 aliphatic heterocycles. The van der Waals surface area contributed by atoms with E-state index in [0.29, 0.717) is 11.4 Å². The fourth-order valence-electron chi connectivity index (χ4n) is 2.89. The maximum Gasteiger partial charge on any atom is 0.256 e. The summed E-state index contributed by atoms with van der Waals surface area (Å²) >= 11 is 5.95. The predicted molar refractivity (Wildman–Crippen MR) is 96.3 cm³/mol. The molecule has 1 N–H and O–H groups in total. The molecule has 24 heavy (non-hydrogen) atoms. The van der Waals surface area contributed by atoms with E-state index in [-0.39, 0.29) is 11.1 Å². The summed E-state index contributed by atoms with van der Waals surface area (Å²) in [6.07, 6.45) is 3.62. The molecular formula is C18H20ClN3O2. The number of pyridine rings is 1. The van der Waals surface area contributed by atoms with Gasteiger partial charge >= 0.3 is 0 Å². The number of hydrogen-bond donors (Lipinski definition) is 1. The Bertz CT molecular complexity index is 730. The van der Waals surface area contributed by atoms with Gasteiger partial charge in [0.2, 0.25) is 5.88 Å². The van der Waals surface area contributed by atoms with Gasteiger partial charge in [0.25, 0.3) is 5.91 Å². The van der Waals surface area contributed by atoms with Crippen LogP contribution in [-0.4, -0.2) is 31.1 Å². The summed E-state index contributed by atoms with van der Waals surface area (Å²) in [4.78, 5) is 18.9. The molecule has 5 nitrogen and oxygen atoms in total. The molecule has 0 aliphatic carbocycles. The number of hydrogen-bond acceptors (Lipinski definition) is 4. The third-order valence-corrected chi connectivity index (χ3v) is 4.28. The van der Waals surface area contributed by atoms with E-state index in [1.165, 1.54) is 32.4 Å². The van der Waals surface area contributed by atoms with Crippen molar-refractivity contribution in [3.05, 3.63) is 47.1 Å². The van der Waals surface area contributed by atoms with E-state index >= 15 is 0 Å². The van der Waals surface area contributed by atoms with Crippen LogP contribution in [0.1, 0.15) is 29.6 Å². The standard InChI is InChI=1S/C18H20ClN3O2/c1-24-17-12-13(11-16(19)21-17)18(23)20-14-7-3-4-8-15(14)22-9-5-2-6-10-22/h3-4,7-8,11-12H,2,5-6,9-10H2,1H3,(H,20,23). The van der Waals surface area contributed by atoms with Gasteiger partial charge in [0.1, 0.15) is 5.15 Å². The third-order valence-electron chi connectivity index (χ3n) is 4.09. The van der Waals surface area contributed by atoms with Crippen LogP contribution in [0.15, 0.2) is 36.4 Å².